The van der Waals surface area contributed by atoms with Gasteiger partial charge in [0.15, 0.2) is 5.96 Å². The number of primary sulfonamides is 1. The first-order chi connectivity index (χ1) is 13.0. The molecule has 0 bridgehead atoms. The smallest absolute Gasteiger partial charge is 0.238 e. The van der Waals surface area contributed by atoms with Crippen molar-refractivity contribution in [1.29, 1.82) is 0 Å². The lowest BCUT2D eigenvalue weighted by Gasteiger charge is -2.24. The summed E-state index contributed by atoms with van der Waals surface area (Å²) in [6.07, 6.45) is 0. The number of nitrogens with one attached hydrogen (secondary N) is 2. The number of aryl methyl sites for hydroxylation is 2. The molecule has 0 saturated carbocycles. The van der Waals surface area contributed by atoms with Gasteiger partial charge in [0.2, 0.25) is 10.0 Å². The van der Waals surface area contributed by atoms with E-state index in [4.69, 9.17) is 9.56 Å². The van der Waals surface area contributed by atoms with Crippen molar-refractivity contribution in [3.05, 3.63) is 53.0 Å². The summed E-state index contributed by atoms with van der Waals surface area (Å²) in [4.78, 5) is 4.50. The van der Waals surface area contributed by atoms with Gasteiger partial charge in [-0.15, -0.1) is 24.0 Å². The molecule has 1 unspecified atom stereocenters. The van der Waals surface area contributed by atoms with Gasteiger partial charge in [0.25, 0.3) is 0 Å². The third-order valence-corrected chi connectivity index (χ3v) is 5.12. The van der Waals surface area contributed by atoms with E-state index in [0.29, 0.717) is 29.4 Å². The molecule has 8 nitrogen and oxygen atoms in total. The second-order valence-electron chi connectivity index (χ2n) is 6.84. The molecule has 0 aliphatic carbocycles. The number of hydrogen-bond donors (Lipinski definition) is 4. The summed E-state index contributed by atoms with van der Waals surface area (Å²) in [5.74, 6) is 1.91. The predicted molar refractivity (Wildman–Crippen MR) is 124 cm³/mol. The molecule has 1 atom stereocenters. The van der Waals surface area contributed by atoms with Crippen LogP contribution in [0.4, 0.5) is 0 Å². The summed E-state index contributed by atoms with van der Waals surface area (Å²) in [6.45, 7) is 8.39. The average Bonchev–Trinajstić information content (AvgIpc) is 2.96. The summed E-state index contributed by atoms with van der Waals surface area (Å²) in [5, 5.41) is 22.2. The Labute approximate surface area is 189 Å². The Morgan fingerprint density at radius 1 is 1.28 bits per heavy atom. The molecule has 0 fully saturated rings. The Balaban J connectivity index is 0.00000420. The van der Waals surface area contributed by atoms with Crippen LogP contribution in [0.5, 0.6) is 0 Å². The first-order valence-electron chi connectivity index (χ1n) is 8.96. The molecule has 2 rings (SSSR count). The molecule has 0 aliphatic heterocycles. The van der Waals surface area contributed by atoms with Gasteiger partial charge in [0.1, 0.15) is 17.1 Å². The Morgan fingerprint density at radius 2 is 1.97 bits per heavy atom. The zero-order chi connectivity index (χ0) is 20.9. The second kappa shape index (κ2) is 10.4. The quantitative estimate of drug-likeness (QED) is 0.244. The molecule has 0 amide bonds. The van der Waals surface area contributed by atoms with Crippen molar-refractivity contribution >= 4 is 40.0 Å². The zero-order valence-corrected chi connectivity index (χ0v) is 20.2. The Kier molecular flexibility index (Phi) is 9.12. The fraction of sp³-hybridized carbons (Fsp3) is 0.421. The molecule has 0 spiro atoms. The maximum Gasteiger partial charge on any atom is 0.238 e. The van der Waals surface area contributed by atoms with Gasteiger partial charge in [-0.3, -0.25) is 0 Å². The van der Waals surface area contributed by atoms with Crippen molar-refractivity contribution in [1.82, 2.24) is 10.6 Å². The van der Waals surface area contributed by atoms with Crippen molar-refractivity contribution in [3.63, 3.8) is 0 Å². The van der Waals surface area contributed by atoms with Crippen molar-refractivity contribution < 1.29 is 17.9 Å². The highest BCUT2D eigenvalue weighted by molar-refractivity contribution is 14.0. The van der Waals surface area contributed by atoms with Crippen LogP contribution < -0.4 is 15.8 Å². The minimum absolute atomic E-state index is 0. The summed E-state index contributed by atoms with van der Waals surface area (Å²) in [7, 11) is -3.76. The highest BCUT2D eigenvalue weighted by Crippen LogP contribution is 2.26. The molecule has 0 aliphatic rings. The summed E-state index contributed by atoms with van der Waals surface area (Å²) in [5.41, 5.74) is 0.275. The van der Waals surface area contributed by atoms with Gasteiger partial charge in [0, 0.05) is 12.1 Å². The van der Waals surface area contributed by atoms with Gasteiger partial charge >= 0.3 is 0 Å². The van der Waals surface area contributed by atoms with Gasteiger partial charge in [0.05, 0.1) is 18.0 Å². The molecule has 1 heterocycles. The minimum atomic E-state index is -3.76. The van der Waals surface area contributed by atoms with E-state index in [2.05, 4.69) is 15.6 Å². The highest BCUT2D eigenvalue weighted by Gasteiger charge is 2.27. The summed E-state index contributed by atoms with van der Waals surface area (Å²) >= 11 is 0. The molecule has 2 aromatic rings. The predicted octanol–water partition coefficient (Wildman–Crippen LogP) is 2.12. The standard InChI is InChI=1S/C19H28N4O4S.HI/c1-5-21-18(22-11-15-7-6-8-16(10-15)28(20,25)26)23-12-19(4,24)17-9-13(2)27-14(17)3;/h6-10,24H,5,11-12H2,1-4H3,(H2,20,25,26)(H2,21,22,23);1H. The lowest BCUT2D eigenvalue weighted by atomic mass is 9.96. The Hall–Kier alpha value is -1.63. The third kappa shape index (κ3) is 7.28. The second-order valence-corrected chi connectivity index (χ2v) is 8.40. The van der Waals surface area contributed by atoms with Crippen LogP contribution in [-0.4, -0.2) is 32.6 Å². The monoisotopic (exact) mass is 536 g/mol. The number of hydrogen-bond acceptors (Lipinski definition) is 5. The lowest BCUT2D eigenvalue weighted by Crippen LogP contribution is -2.44. The van der Waals surface area contributed by atoms with Crippen LogP contribution in [0.25, 0.3) is 0 Å². The van der Waals surface area contributed by atoms with Crippen LogP contribution in [-0.2, 0) is 22.2 Å². The van der Waals surface area contributed by atoms with Gasteiger partial charge < -0.3 is 20.2 Å². The van der Waals surface area contributed by atoms with Gasteiger partial charge in [-0.2, -0.15) is 0 Å². The molecule has 1 aromatic carbocycles. The first-order valence-corrected chi connectivity index (χ1v) is 10.5. The van der Waals surface area contributed by atoms with E-state index in [1.807, 2.05) is 26.8 Å². The fourth-order valence-electron chi connectivity index (χ4n) is 2.85. The van der Waals surface area contributed by atoms with Crippen molar-refractivity contribution in [3.8, 4) is 0 Å². The zero-order valence-electron chi connectivity index (χ0n) is 17.0. The summed E-state index contributed by atoms with van der Waals surface area (Å²) < 4.78 is 28.5. The minimum Gasteiger partial charge on any atom is -0.466 e. The highest BCUT2D eigenvalue weighted by atomic mass is 127. The van der Waals surface area contributed by atoms with Crippen molar-refractivity contribution in [2.24, 2.45) is 10.1 Å². The number of benzene rings is 1. The molecule has 29 heavy (non-hydrogen) atoms. The van der Waals surface area contributed by atoms with E-state index in [1.54, 1.807) is 19.1 Å². The molecular formula is C19H29IN4O4S. The van der Waals surface area contributed by atoms with E-state index in [0.717, 1.165) is 5.76 Å². The number of furan rings is 1. The number of halogens is 1. The number of rotatable bonds is 7. The number of aliphatic hydroxyl groups is 1. The van der Waals surface area contributed by atoms with E-state index in [1.165, 1.54) is 12.1 Å². The molecule has 1 aromatic heterocycles. The fourth-order valence-corrected chi connectivity index (χ4v) is 3.43. The third-order valence-electron chi connectivity index (χ3n) is 4.21. The number of nitrogens with two attached hydrogens (primary N) is 1. The van der Waals surface area contributed by atoms with Crippen molar-refractivity contribution in [2.75, 3.05) is 13.1 Å². The number of aliphatic imine (C=N–C) groups is 1. The summed E-state index contributed by atoms with van der Waals surface area (Å²) in [6, 6.07) is 8.16. The average molecular weight is 536 g/mol. The Bertz CT molecular complexity index is 955. The molecule has 10 heteroatoms. The number of nitrogens with zero attached hydrogens (tertiary/aromatic N) is 1. The normalized spacial score (nSPS) is 14.1. The van der Waals surface area contributed by atoms with Gasteiger partial charge in [-0.25, -0.2) is 18.5 Å². The van der Waals surface area contributed by atoms with Crippen LogP contribution in [0.15, 0.2) is 44.6 Å². The maximum atomic E-state index is 11.5. The maximum absolute atomic E-state index is 11.5. The molecule has 0 saturated heterocycles. The van der Waals surface area contributed by atoms with Crippen molar-refractivity contribution in [2.45, 2.75) is 44.7 Å². The van der Waals surface area contributed by atoms with Gasteiger partial charge in [-0.05, 0) is 51.5 Å². The van der Waals surface area contributed by atoms with Crippen LogP contribution in [0, 0.1) is 13.8 Å². The van der Waals surface area contributed by atoms with E-state index < -0.39 is 15.6 Å². The van der Waals surface area contributed by atoms with Crippen LogP contribution in [0.2, 0.25) is 0 Å². The van der Waals surface area contributed by atoms with E-state index in [-0.39, 0.29) is 42.0 Å². The van der Waals surface area contributed by atoms with E-state index >= 15 is 0 Å². The van der Waals surface area contributed by atoms with Gasteiger partial charge in [-0.1, -0.05) is 12.1 Å². The SMILES string of the molecule is CCNC(=NCc1cccc(S(N)(=O)=O)c1)NCC(C)(O)c1cc(C)oc1C.I. The Morgan fingerprint density at radius 3 is 2.52 bits per heavy atom. The van der Waals surface area contributed by atoms with Crippen LogP contribution in [0.1, 0.15) is 36.5 Å². The van der Waals surface area contributed by atoms with E-state index in [9.17, 15) is 13.5 Å². The largest absolute Gasteiger partial charge is 0.466 e. The topological polar surface area (TPSA) is 130 Å². The molecular weight excluding hydrogens is 507 g/mol. The number of sulfonamides is 1. The molecule has 5 N–H and O–H groups in total. The first kappa shape index (κ1) is 25.4. The van der Waals surface area contributed by atoms with Crippen LogP contribution in [0.3, 0.4) is 0 Å². The molecule has 0 radical (unpaired) electrons. The van der Waals surface area contributed by atoms with Crippen LogP contribution >= 0.6 is 24.0 Å². The lowest BCUT2D eigenvalue weighted by molar-refractivity contribution is 0.0601. The molecule has 162 valence electrons. The number of guanidine groups is 1.